The molecule has 0 radical (unpaired) electrons. The zero-order valence-electron chi connectivity index (χ0n) is 27.1. The number of aliphatic hydroxyl groups excluding tert-OH is 2. The third-order valence-corrected chi connectivity index (χ3v) is 8.13. The molecule has 238 valence electrons. The minimum Gasteiger partial charge on any atom is -0.491 e. The summed E-state index contributed by atoms with van der Waals surface area (Å²) in [6.45, 7) is 4.67. The molecule has 4 nitrogen and oxygen atoms in total. The number of hydrogen-bond acceptors (Lipinski definition) is 4. The number of ether oxygens (including phenoxy) is 2. The number of benzene rings is 6. The van der Waals surface area contributed by atoms with Crippen molar-refractivity contribution in [2.24, 2.45) is 0 Å². The van der Waals surface area contributed by atoms with Gasteiger partial charge in [-0.25, -0.2) is 0 Å². The van der Waals surface area contributed by atoms with Gasteiger partial charge in [-0.2, -0.15) is 0 Å². The molecule has 0 aromatic heterocycles. The van der Waals surface area contributed by atoms with Crippen molar-refractivity contribution in [3.63, 3.8) is 0 Å². The molecule has 7 rings (SSSR count). The molecular weight excluding hydrogens is 580 g/mol. The van der Waals surface area contributed by atoms with Gasteiger partial charge in [-0.1, -0.05) is 145 Å². The summed E-state index contributed by atoms with van der Waals surface area (Å²) in [7, 11) is 0. The molecule has 0 amide bonds. The van der Waals surface area contributed by atoms with E-state index in [4.69, 9.17) is 19.7 Å². The second-order valence-electron chi connectivity index (χ2n) is 11.3. The third-order valence-electron chi connectivity index (χ3n) is 8.13. The number of fused-ring (bicyclic) bond motifs is 3. The van der Waals surface area contributed by atoms with Crippen molar-refractivity contribution in [1.29, 1.82) is 0 Å². The minimum absolute atomic E-state index is 0.0167. The molecule has 47 heavy (non-hydrogen) atoms. The second kappa shape index (κ2) is 16.4. The van der Waals surface area contributed by atoms with E-state index in [0.717, 1.165) is 22.6 Å². The Morgan fingerprint density at radius 2 is 0.766 bits per heavy atom. The Balaban J connectivity index is 0.000000254. The molecule has 4 heteroatoms. The largest absolute Gasteiger partial charge is 0.491 e. The first-order valence-corrected chi connectivity index (χ1v) is 16.0. The van der Waals surface area contributed by atoms with E-state index < -0.39 is 5.41 Å². The standard InChI is InChI=1S/C29H26O4.2C7H8/c30-17-19-32-23-13-9-21(10-14-23)29(22-11-15-24(16-12-22)33-20-18-31)27-7-3-1-5-25(27)26-6-2-4-8-28(26)29;2*1-7-5-3-2-4-6-7/h1-16,30-31H,17-20H2;2*2-6H,1H3. The zero-order chi connectivity index (χ0) is 32.9. The topological polar surface area (TPSA) is 58.9 Å². The first-order chi connectivity index (χ1) is 23.1. The summed E-state index contributed by atoms with van der Waals surface area (Å²) in [6, 6.07) is 54.0. The van der Waals surface area contributed by atoms with Gasteiger partial charge in [0.1, 0.15) is 24.7 Å². The van der Waals surface area contributed by atoms with E-state index in [1.54, 1.807) is 0 Å². The van der Waals surface area contributed by atoms with Crippen molar-refractivity contribution in [3.05, 3.63) is 191 Å². The van der Waals surface area contributed by atoms with Gasteiger partial charge in [0.2, 0.25) is 0 Å². The molecule has 6 aromatic rings. The minimum atomic E-state index is -0.488. The van der Waals surface area contributed by atoms with Crippen molar-refractivity contribution in [2.45, 2.75) is 19.3 Å². The average molecular weight is 623 g/mol. The quantitative estimate of drug-likeness (QED) is 0.178. The molecule has 0 saturated heterocycles. The van der Waals surface area contributed by atoms with Gasteiger partial charge in [-0.05, 0) is 71.5 Å². The molecule has 1 aliphatic carbocycles. The van der Waals surface area contributed by atoms with Crippen molar-refractivity contribution in [1.82, 2.24) is 0 Å². The van der Waals surface area contributed by atoms with Gasteiger partial charge in [-0.15, -0.1) is 0 Å². The highest BCUT2D eigenvalue weighted by atomic mass is 16.5. The number of aryl methyl sites for hydroxylation is 2. The maximum absolute atomic E-state index is 9.09. The van der Waals surface area contributed by atoms with E-state index >= 15 is 0 Å². The van der Waals surface area contributed by atoms with E-state index in [-0.39, 0.29) is 26.4 Å². The molecule has 2 N–H and O–H groups in total. The molecular formula is C43H42O4. The molecule has 0 bridgehead atoms. The molecule has 6 aromatic carbocycles. The summed E-state index contributed by atoms with van der Waals surface area (Å²) in [5.41, 5.74) is 9.37. The van der Waals surface area contributed by atoms with Crippen LogP contribution < -0.4 is 9.47 Å². The van der Waals surface area contributed by atoms with Crippen LogP contribution in [0.15, 0.2) is 158 Å². The lowest BCUT2D eigenvalue weighted by atomic mass is 9.68. The molecule has 0 heterocycles. The van der Waals surface area contributed by atoms with E-state index in [1.807, 2.05) is 60.7 Å². The van der Waals surface area contributed by atoms with Gasteiger partial charge in [0.15, 0.2) is 0 Å². The van der Waals surface area contributed by atoms with E-state index in [9.17, 15) is 0 Å². The molecule has 0 spiro atoms. The van der Waals surface area contributed by atoms with Crippen molar-refractivity contribution < 1.29 is 19.7 Å². The van der Waals surface area contributed by atoms with E-state index in [2.05, 4.69) is 111 Å². The lowest BCUT2D eigenvalue weighted by Gasteiger charge is -2.34. The molecule has 0 unspecified atom stereocenters. The Hall–Kier alpha value is -5.16. The van der Waals surface area contributed by atoms with Crippen LogP contribution in [-0.4, -0.2) is 36.6 Å². The highest BCUT2D eigenvalue weighted by molar-refractivity contribution is 5.86. The first kappa shape index (κ1) is 33.2. The lowest BCUT2D eigenvalue weighted by molar-refractivity contribution is 0.201. The maximum Gasteiger partial charge on any atom is 0.119 e. The lowest BCUT2D eigenvalue weighted by Crippen LogP contribution is -2.28. The fraction of sp³-hybridized carbons (Fsp3) is 0.163. The van der Waals surface area contributed by atoms with Crippen molar-refractivity contribution >= 4 is 0 Å². The summed E-state index contributed by atoms with van der Waals surface area (Å²) < 4.78 is 11.2. The van der Waals surface area contributed by atoms with Crippen molar-refractivity contribution in [2.75, 3.05) is 26.4 Å². The number of aliphatic hydroxyl groups is 2. The van der Waals surface area contributed by atoms with Crippen LogP contribution in [0.3, 0.4) is 0 Å². The van der Waals surface area contributed by atoms with Crippen LogP contribution in [-0.2, 0) is 5.41 Å². The first-order valence-electron chi connectivity index (χ1n) is 16.0. The molecule has 0 saturated carbocycles. The monoisotopic (exact) mass is 622 g/mol. The zero-order valence-corrected chi connectivity index (χ0v) is 27.1. The summed E-state index contributed by atoms with van der Waals surface area (Å²) in [4.78, 5) is 0. The fourth-order valence-electron chi connectivity index (χ4n) is 6.02. The molecule has 0 aliphatic heterocycles. The smallest absolute Gasteiger partial charge is 0.119 e. The molecule has 0 fully saturated rings. The Labute approximate surface area is 278 Å². The summed E-state index contributed by atoms with van der Waals surface area (Å²) in [6.07, 6.45) is 0. The normalized spacial score (nSPS) is 11.9. The van der Waals surface area contributed by atoms with Crippen molar-refractivity contribution in [3.8, 4) is 22.6 Å². The van der Waals surface area contributed by atoms with Crippen LogP contribution in [0.1, 0.15) is 33.4 Å². The Kier molecular flexibility index (Phi) is 11.6. The third kappa shape index (κ3) is 7.81. The van der Waals surface area contributed by atoms with Crippen LogP contribution in [0.4, 0.5) is 0 Å². The summed E-state index contributed by atoms with van der Waals surface area (Å²) in [5, 5.41) is 18.2. The van der Waals surface area contributed by atoms with Gasteiger partial charge in [0.25, 0.3) is 0 Å². The van der Waals surface area contributed by atoms with E-state index in [0.29, 0.717) is 0 Å². The highest BCUT2D eigenvalue weighted by Crippen LogP contribution is 2.56. The summed E-state index contributed by atoms with van der Waals surface area (Å²) >= 11 is 0. The van der Waals surface area contributed by atoms with Gasteiger partial charge in [0, 0.05) is 0 Å². The van der Waals surface area contributed by atoms with Gasteiger partial charge in [-0.3, -0.25) is 0 Å². The van der Waals surface area contributed by atoms with Crippen LogP contribution in [0.2, 0.25) is 0 Å². The van der Waals surface area contributed by atoms with Gasteiger partial charge in [0.05, 0.1) is 18.6 Å². The number of rotatable bonds is 8. The van der Waals surface area contributed by atoms with Crippen LogP contribution in [0.5, 0.6) is 11.5 Å². The predicted molar refractivity (Wildman–Crippen MR) is 191 cm³/mol. The Bertz CT molecular complexity index is 1660. The molecule has 0 atom stereocenters. The average Bonchev–Trinajstić information content (AvgIpc) is 3.43. The maximum atomic E-state index is 9.09. The summed E-state index contributed by atoms with van der Waals surface area (Å²) in [5.74, 6) is 1.46. The van der Waals surface area contributed by atoms with Gasteiger partial charge >= 0.3 is 0 Å². The SMILES string of the molecule is Cc1ccccc1.Cc1ccccc1.OCCOc1ccc(C2(c3ccc(OCCO)cc3)c3ccccc3-c3ccccc32)cc1. The van der Waals surface area contributed by atoms with Gasteiger partial charge < -0.3 is 19.7 Å². The highest BCUT2D eigenvalue weighted by Gasteiger charge is 2.45. The van der Waals surface area contributed by atoms with Crippen LogP contribution in [0, 0.1) is 13.8 Å². The predicted octanol–water partition coefficient (Wildman–Crippen LogP) is 8.78. The number of hydrogen-bond donors (Lipinski definition) is 2. The second-order valence-corrected chi connectivity index (χ2v) is 11.3. The Morgan fingerprint density at radius 3 is 1.09 bits per heavy atom. The Morgan fingerprint density at radius 1 is 0.426 bits per heavy atom. The van der Waals surface area contributed by atoms with Crippen LogP contribution in [0.25, 0.3) is 11.1 Å². The molecule has 1 aliphatic rings. The van der Waals surface area contributed by atoms with Crippen LogP contribution >= 0.6 is 0 Å². The fourth-order valence-corrected chi connectivity index (χ4v) is 6.02. The van der Waals surface area contributed by atoms with E-state index in [1.165, 1.54) is 33.4 Å².